The number of allylic oxidation sites excluding steroid dienone is 1. The van der Waals surface area contributed by atoms with Crippen LogP contribution in [0.25, 0.3) is 0 Å². The van der Waals surface area contributed by atoms with E-state index < -0.39 is 11.9 Å². The monoisotopic (exact) mass is 252 g/mol. The van der Waals surface area contributed by atoms with Crippen molar-refractivity contribution < 1.29 is 19.2 Å². The number of likely N-dealkylation sites (tertiary alicyclic amines) is 1. The standard InChI is InChI=1S/C12H16N2O4/c1-3-4-11(17)14(8-16)10-7-9(2)13(5-6-15)12(10)18/h3-4,6,8-10H,5,7H2,1-2H3/b4-3-. The number of nitrogens with zero attached hydrogens (tertiary/aromatic N) is 2. The molecule has 98 valence electrons. The van der Waals surface area contributed by atoms with Crippen LogP contribution in [-0.2, 0) is 19.2 Å². The fourth-order valence-corrected chi connectivity index (χ4v) is 2.05. The van der Waals surface area contributed by atoms with E-state index in [4.69, 9.17) is 0 Å². The van der Waals surface area contributed by atoms with Crippen molar-refractivity contribution in [2.24, 2.45) is 0 Å². The Balaban J connectivity index is 2.89. The van der Waals surface area contributed by atoms with Crippen molar-refractivity contribution in [3.63, 3.8) is 0 Å². The van der Waals surface area contributed by atoms with Gasteiger partial charge in [-0.25, -0.2) is 0 Å². The van der Waals surface area contributed by atoms with E-state index in [-0.39, 0.29) is 18.5 Å². The van der Waals surface area contributed by atoms with Crippen LogP contribution in [0.4, 0.5) is 0 Å². The molecular weight excluding hydrogens is 236 g/mol. The Labute approximate surface area is 105 Å². The number of aldehydes is 1. The summed E-state index contributed by atoms with van der Waals surface area (Å²) in [7, 11) is 0. The summed E-state index contributed by atoms with van der Waals surface area (Å²) in [6, 6.07) is -0.963. The highest BCUT2D eigenvalue weighted by molar-refractivity contribution is 6.00. The first kappa shape index (κ1) is 14.1. The molecule has 0 aliphatic carbocycles. The third kappa shape index (κ3) is 2.64. The number of carbonyl (C=O) groups excluding carboxylic acids is 4. The minimum absolute atomic E-state index is 0.0129. The van der Waals surface area contributed by atoms with Crippen molar-refractivity contribution in [2.75, 3.05) is 6.54 Å². The van der Waals surface area contributed by atoms with Crippen molar-refractivity contribution in [3.8, 4) is 0 Å². The quantitative estimate of drug-likeness (QED) is 0.499. The first-order chi connectivity index (χ1) is 8.56. The van der Waals surface area contributed by atoms with Gasteiger partial charge in [0.05, 0.1) is 6.54 Å². The zero-order chi connectivity index (χ0) is 13.7. The smallest absolute Gasteiger partial charge is 0.253 e. The van der Waals surface area contributed by atoms with E-state index >= 15 is 0 Å². The van der Waals surface area contributed by atoms with E-state index in [0.717, 1.165) is 4.90 Å². The minimum Gasteiger partial charge on any atom is -0.331 e. The van der Waals surface area contributed by atoms with Gasteiger partial charge in [0, 0.05) is 6.04 Å². The predicted molar refractivity (Wildman–Crippen MR) is 63.4 cm³/mol. The number of hydrogen-bond acceptors (Lipinski definition) is 4. The fraction of sp³-hybridized carbons (Fsp3) is 0.500. The second kappa shape index (κ2) is 6.09. The molecule has 18 heavy (non-hydrogen) atoms. The van der Waals surface area contributed by atoms with Crippen LogP contribution >= 0.6 is 0 Å². The molecule has 0 saturated carbocycles. The molecule has 2 atom stereocenters. The van der Waals surface area contributed by atoms with Gasteiger partial charge in [-0.1, -0.05) is 6.08 Å². The lowest BCUT2D eigenvalue weighted by Crippen LogP contribution is -2.44. The lowest BCUT2D eigenvalue weighted by atomic mass is 10.1. The average Bonchev–Trinajstić information content (AvgIpc) is 2.59. The van der Waals surface area contributed by atoms with Gasteiger partial charge in [-0.05, 0) is 26.3 Å². The third-order valence-corrected chi connectivity index (χ3v) is 2.95. The van der Waals surface area contributed by atoms with Crippen LogP contribution in [0.2, 0.25) is 0 Å². The van der Waals surface area contributed by atoms with Crippen LogP contribution in [0.1, 0.15) is 20.3 Å². The molecule has 3 amide bonds. The molecule has 1 heterocycles. The number of amides is 3. The van der Waals surface area contributed by atoms with Crippen LogP contribution in [0.5, 0.6) is 0 Å². The summed E-state index contributed by atoms with van der Waals surface area (Å²) < 4.78 is 0. The van der Waals surface area contributed by atoms with Crippen molar-refractivity contribution in [3.05, 3.63) is 12.2 Å². The van der Waals surface area contributed by atoms with E-state index in [0.29, 0.717) is 19.1 Å². The van der Waals surface area contributed by atoms with Crippen molar-refractivity contribution in [1.82, 2.24) is 9.80 Å². The van der Waals surface area contributed by atoms with Crippen molar-refractivity contribution in [1.29, 1.82) is 0 Å². The predicted octanol–water partition coefficient (Wildman–Crippen LogP) is -0.264. The number of hydrogen-bond donors (Lipinski definition) is 0. The summed E-state index contributed by atoms with van der Waals surface area (Å²) in [5.74, 6) is -0.884. The minimum atomic E-state index is -0.804. The molecule has 1 fully saturated rings. The van der Waals surface area contributed by atoms with E-state index in [1.54, 1.807) is 13.8 Å². The van der Waals surface area contributed by atoms with Gasteiger partial charge in [-0.15, -0.1) is 0 Å². The van der Waals surface area contributed by atoms with Gasteiger partial charge in [0.15, 0.2) is 0 Å². The molecule has 1 aliphatic heterocycles. The summed E-state index contributed by atoms with van der Waals surface area (Å²) in [4.78, 5) is 47.3. The molecule has 0 radical (unpaired) electrons. The SMILES string of the molecule is C/C=C\C(=O)N(C=O)C1CC(C)N(CC=O)C1=O. The Morgan fingerprint density at radius 2 is 2.17 bits per heavy atom. The second-order valence-corrected chi connectivity index (χ2v) is 4.11. The van der Waals surface area contributed by atoms with Crippen LogP contribution in [0.15, 0.2) is 12.2 Å². The average molecular weight is 252 g/mol. The Hall–Kier alpha value is -1.98. The summed E-state index contributed by atoms with van der Waals surface area (Å²) in [5.41, 5.74) is 0. The van der Waals surface area contributed by atoms with Gasteiger partial charge in [-0.2, -0.15) is 0 Å². The zero-order valence-electron chi connectivity index (χ0n) is 10.4. The van der Waals surface area contributed by atoms with Crippen molar-refractivity contribution in [2.45, 2.75) is 32.4 Å². The lowest BCUT2D eigenvalue weighted by Gasteiger charge is -2.20. The Morgan fingerprint density at radius 3 is 2.67 bits per heavy atom. The van der Waals surface area contributed by atoms with Gasteiger partial charge < -0.3 is 9.69 Å². The highest BCUT2D eigenvalue weighted by Gasteiger charge is 2.41. The highest BCUT2D eigenvalue weighted by Crippen LogP contribution is 2.22. The first-order valence-corrected chi connectivity index (χ1v) is 5.71. The molecule has 0 bridgehead atoms. The molecule has 2 unspecified atom stereocenters. The highest BCUT2D eigenvalue weighted by atomic mass is 16.2. The molecule has 0 N–H and O–H groups in total. The third-order valence-electron chi connectivity index (χ3n) is 2.95. The molecular formula is C12H16N2O4. The molecule has 0 aromatic rings. The van der Waals surface area contributed by atoms with Gasteiger partial charge in [0.25, 0.3) is 5.91 Å². The van der Waals surface area contributed by atoms with Crippen LogP contribution in [0, 0.1) is 0 Å². The van der Waals surface area contributed by atoms with Crippen LogP contribution < -0.4 is 0 Å². The lowest BCUT2D eigenvalue weighted by molar-refractivity contribution is -0.144. The Morgan fingerprint density at radius 1 is 1.50 bits per heavy atom. The molecule has 0 spiro atoms. The summed E-state index contributed by atoms with van der Waals surface area (Å²) in [5, 5.41) is 0. The molecule has 1 aliphatic rings. The summed E-state index contributed by atoms with van der Waals surface area (Å²) in [6.07, 6.45) is 4.09. The van der Waals surface area contributed by atoms with Gasteiger partial charge >= 0.3 is 0 Å². The molecule has 0 aromatic carbocycles. The normalized spacial score (nSPS) is 23.4. The molecule has 6 heteroatoms. The maximum atomic E-state index is 12.0. The van der Waals surface area contributed by atoms with E-state index in [9.17, 15) is 19.2 Å². The second-order valence-electron chi connectivity index (χ2n) is 4.11. The van der Waals surface area contributed by atoms with Gasteiger partial charge in [0.1, 0.15) is 12.3 Å². The molecule has 6 nitrogen and oxygen atoms in total. The largest absolute Gasteiger partial charge is 0.331 e. The number of rotatable bonds is 5. The Bertz CT molecular complexity index is 392. The van der Waals surface area contributed by atoms with Gasteiger partial charge in [0.2, 0.25) is 12.3 Å². The van der Waals surface area contributed by atoms with E-state index in [2.05, 4.69) is 0 Å². The summed E-state index contributed by atoms with van der Waals surface area (Å²) >= 11 is 0. The maximum absolute atomic E-state index is 12.0. The maximum Gasteiger partial charge on any atom is 0.253 e. The number of imide groups is 1. The van der Waals surface area contributed by atoms with Crippen LogP contribution in [-0.4, -0.2) is 52.9 Å². The molecule has 0 aromatic heterocycles. The van der Waals surface area contributed by atoms with E-state index in [1.807, 2.05) is 0 Å². The fourth-order valence-electron chi connectivity index (χ4n) is 2.05. The van der Waals surface area contributed by atoms with Gasteiger partial charge in [-0.3, -0.25) is 19.3 Å². The number of carbonyl (C=O) groups is 4. The van der Waals surface area contributed by atoms with Crippen molar-refractivity contribution >= 4 is 24.5 Å². The Kier molecular flexibility index (Phi) is 4.76. The summed E-state index contributed by atoms with van der Waals surface area (Å²) in [6.45, 7) is 3.42. The first-order valence-electron chi connectivity index (χ1n) is 5.71. The molecule has 1 rings (SSSR count). The zero-order valence-corrected chi connectivity index (χ0v) is 10.4. The van der Waals surface area contributed by atoms with E-state index in [1.165, 1.54) is 17.1 Å². The topological polar surface area (TPSA) is 74.8 Å². The molecule has 1 saturated heterocycles. The van der Waals surface area contributed by atoms with Crippen LogP contribution in [0.3, 0.4) is 0 Å².